The van der Waals surface area contributed by atoms with Crippen LogP contribution in [0.25, 0.3) is 0 Å². The number of hydrogen-bond donors (Lipinski definition) is 0. The van der Waals surface area contributed by atoms with Crippen molar-refractivity contribution >= 4 is 12.0 Å². The second kappa shape index (κ2) is 4.72. The van der Waals surface area contributed by atoms with Crippen LogP contribution in [-0.2, 0) is 0 Å². The van der Waals surface area contributed by atoms with Crippen LogP contribution in [0.5, 0.6) is 5.75 Å². The maximum atomic E-state index is 11.9. The van der Waals surface area contributed by atoms with Gasteiger partial charge in [-0.2, -0.15) is 8.78 Å². The van der Waals surface area contributed by atoms with E-state index >= 15 is 0 Å². The first-order chi connectivity index (χ1) is 7.04. The Bertz CT molecular complexity index is 353. The number of anilines is 1. The fourth-order valence-corrected chi connectivity index (χ4v) is 1.11. The van der Waals surface area contributed by atoms with Crippen LogP contribution in [0.3, 0.4) is 0 Å². The molecular weight excluding hydrogens is 204 g/mol. The predicted molar refractivity (Wildman–Crippen MR) is 52.8 cm³/mol. The molecule has 0 bridgehead atoms. The fraction of sp³-hybridized carbons (Fsp3) is 0.300. The van der Waals surface area contributed by atoms with Crippen molar-refractivity contribution in [2.45, 2.75) is 6.61 Å². The number of halogens is 2. The summed E-state index contributed by atoms with van der Waals surface area (Å²) < 4.78 is 28.1. The summed E-state index contributed by atoms with van der Waals surface area (Å²) >= 11 is 0. The number of alkyl halides is 2. The molecule has 1 aromatic rings. The maximum absolute atomic E-state index is 11.9. The Kier molecular flexibility index (Phi) is 3.60. The van der Waals surface area contributed by atoms with Crippen molar-refractivity contribution < 1.29 is 18.3 Å². The number of nitrogens with zero attached hydrogens (tertiary/aromatic N) is 1. The Labute approximate surface area is 86.3 Å². The summed E-state index contributed by atoms with van der Waals surface area (Å²) in [6, 6.07) is 4.45. The molecule has 0 aliphatic heterocycles. The van der Waals surface area contributed by atoms with E-state index in [0.29, 0.717) is 6.29 Å². The normalized spacial score (nSPS) is 10.2. The van der Waals surface area contributed by atoms with Crippen LogP contribution in [0.1, 0.15) is 10.4 Å². The van der Waals surface area contributed by atoms with Gasteiger partial charge in [-0.15, -0.1) is 0 Å². The summed E-state index contributed by atoms with van der Waals surface area (Å²) in [7, 11) is 3.58. The highest BCUT2D eigenvalue weighted by Gasteiger charge is 2.10. The van der Waals surface area contributed by atoms with E-state index in [1.807, 2.05) is 0 Å². The van der Waals surface area contributed by atoms with Crippen LogP contribution < -0.4 is 9.64 Å². The molecule has 0 saturated heterocycles. The molecule has 0 amide bonds. The van der Waals surface area contributed by atoms with Crippen LogP contribution in [0.2, 0.25) is 0 Å². The highest BCUT2D eigenvalue weighted by atomic mass is 19.3. The van der Waals surface area contributed by atoms with Gasteiger partial charge in [0.25, 0.3) is 0 Å². The van der Waals surface area contributed by atoms with Crippen LogP contribution in [-0.4, -0.2) is 27.0 Å². The van der Waals surface area contributed by atoms with Gasteiger partial charge in [0.05, 0.1) is 5.56 Å². The lowest BCUT2D eigenvalue weighted by Crippen LogP contribution is -2.10. The molecule has 0 aliphatic rings. The van der Waals surface area contributed by atoms with E-state index < -0.39 is 6.61 Å². The Morgan fingerprint density at radius 2 is 2.07 bits per heavy atom. The molecule has 0 saturated carbocycles. The lowest BCUT2D eigenvalue weighted by Gasteiger charge is -2.14. The average molecular weight is 215 g/mol. The van der Waals surface area contributed by atoms with E-state index in [9.17, 15) is 13.6 Å². The van der Waals surface area contributed by atoms with Gasteiger partial charge in [0, 0.05) is 19.8 Å². The smallest absolute Gasteiger partial charge is 0.387 e. The highest BCUT2D eigenvalue weighted by Crippen LogP contribution is 2.24. The molecular formula is C10H11F2NO2. The van der Waals surface area contributed by atoms with Crippen LogP contribution >= 0.6 is 0 Å². The molecule has 15 heavy (non-hydrogen) atoms. The summed E-state index contributed by atoms with van der Waals surface area (Å²) in [5.74, 6) is -0.106. The molecule has 0 heterocycles. The lowest BCUT2D eigenvalue weighted by molar-refractivity contribution is -0.0500. The molecule has 0 radical (unpaired) electrons. The van der Waals surface area contributed by atoms with Crippen LogP contribution in [0, 0.1) is 0 Å². The molecule has 0 fully saturated rings. The molecule has 5 heteroatoms. The van der Waals surface area contributed by atoms with Crippen molar-refractivity contribution in [1.82, 2.24) is 0 Å². The molecule has 1 rings (SSSR count). The summed E-state index contributed by atoms with van der Waals surface area (Å²) in [6.07, 6.45) is 0.491. The third kappa shape index (κ3) is 2.90. The van der Waals surface area contributed by atoms with E-state index in [1.54, 1.807) is 25.1 Å². The molecule has 0 aliphatic carbocycles. The van der Waals surface area contributed by atoms with Gasteiger partial charge in [-0.1, -0.05) is 0 Å². The number of hydrogen-bond acceptors (Lipinski definition) is 3. The Hall–Kier alpha value is -1.65. The molecule has 0 atom stereocenters. The van der Waals surface area contributed by atoms with Crippen molar-refractivity contribution in [1.29, 1.82) is 0 Å². The van der Waals surface area contributed by atoms with Crippen LogP contribution in [0.15, 0.2) is 18.2 Å². The molecule has 3 nitrogen and oxygen atoms in total. The summed E-state index contributed by atoms with van der Waals surface area (Å²) in [4.78, 5) is 12.4. The molecule has 82 valence electrons. The third-order valence-electron chi connectivity index (χ3n) is 1.85. The van der Waals surface area contributed by atoms with Crippen molar-refractivity contribution in [3.05, 3.63) is 23.8 Å². The number of aldehydes is 1. The molecule has 0 N–H and O–H groups in total. The summed E-state index contributed by atoms with van der Waals surface area (Å²) in [5.41, 5.74) is 0.861. The van der Waals surface area contributed by atoms with Gasteiger partial charge in [0.2, 0.25) is 0 Å². The lowest BCUT2D eigenvalue weighted by atomic mass is 10.2. The van der Waals surface area contributed by atoms with Gasteiger partial charge in [0.15, 0.2) is 6.29 Å². The summed E-state index contributed by atoms with van der Waals surface area (Å²) in [6.45, 7) is -2.92. The van der Waals surface area contributed by atoms with E-state index in [-0.39, 0.29) is 11.3 Å². The molecule has 0 aromatic heterocycles. The van der Waals surface area contributed by atoms with Crippen molar-refractivity contribution in [2.24, 2.45) is 0 Å². The highest BCUT2D eigenvalue weighted by molar-refractivity contribution is 5.81. The van der Waals surface area contributed by atoms with E-state index in [4.69, 9.17) is 0 Å². The zero-order valence-corrected chi connectivity index (χ0v) is 8.41. The minimum atomic E-state index is -2.92. The quantitative estimate of drug-likeness (QED) is 0.721. The van der Waals surface area contributed by atoms with Gasteiger partial charge in [-0.3, -0.25) is 4.79 Å². The van der Waals surface area contributed by atoms with Crippen molar-refractivity contribution in [3.8, 4) is 5.75 Å². The van der Waals surface area contributed by atoms with E-state index in [2.05, 4.69) is 4.74 Å². The number of benzene rings is 1. The second-order valence-corrected chi connectivity index (χ2v) is 3.11. The Morgan fingerprint density at radius 1 is 1.40 bits per heavy atom. The zero-order valence-electron chi connectivity index (χ0n) is 8.41. The zero-order chi connectivity index (χ0) is 11.4. The SMILES string of the molecule is CN(C)c1ccc(OC(F)F)c(C=O)c1. The molecule has 0 spiro atoms. The number of carbonyl (C=O) groups is 1. The van der Waals surface area contributed by atoms with Crippen molar-refractivity contribution in [2.75, 3.05) is 19.0 Å². The number of rotatable bonds is 4. The first-order valence-electron chi connectivity index (χ1n) is 4.26. The summed E-state index contributed by atoms with van der Waals surface area (Å²) in [5, 5.41) is 0. The Morgan fingerprint density at radius 3 is 2.53 bits per heavy atom. The van der Waals surface area contributed by atoms with Gasteiger partial charge in [0.1, 0.15) is 5.75 Å². The van der Waals surface area contributed by atoms with Crippen LogP contribution in [0.4, 0.5) is 14.5 Å². The second-order valence-electron chi connectivity index (χ2n) is 3.11. The minimum absolute atomic E-state index is 0.106. The van der Waals surface area contributed by atoms with Gasteiger partial charge >= 0.3 is 6.61 Å². The predicted octanol–water partition coefficient (Wildman–Crippen LogP) is 2.17. The van der Waals surface area contributed by atoms with E-state index in [0.717, 1.165) is 5.69 Å². The fourth-order valence-electron chi connectivity index (χ4n) is 1.11. The number of ether oxygens (including phenoxy) is 1. The average Bonchev–Trinajstić information content (AvgIpc) is 2.17. The monoisotopic (exact) mass is 215 g/mol. The van der Waals surface area contributed by atoms with Gasteiger partial charge < -0.3 is 9.64 Å². The molecule has 0 unspecified atom stereocenters. The number of carbonyl (C=O) groups excluding carboxylic acids is 1. The van der Waals surface area contributed by atoms with E-state index in [1.165, 1.54) is 12.1 Å². The van der Waals surface area contributed by atoms with Gasteiger partial charge in [-0.05, 0) is 18.2 Å². The maximum Gasteiger partial charge on any atom is 0.387 e. The minimum Gasteiger partial charge on any atom is -0.434 e. The first-order valence-corrected chi connectivity index (χ1v) is 4.26. The van der Waals surface area contributed by atoms with Crippen molar-refractivity contribution in [3.63, 3.8) is 0 Å². The standard InChI is InChI=1S/C10H11F2NO2/c1-13(2)8-3-4-9(15-10(11)12)7(5-8)6-14/h3-6,10H,1-2H3. The molecule has 1 aromatic carbocycles. The topological polar surface area (TPSA) is 29.5 Å². The Balaban J connectivity index is 3.03. The third-order valence-corrected chi connectivity index (χ3v) is 1.85. The van der Waals surface area contributed by atoms with Gasteiger partial charge in [-0.25, -0.2) is 0 Å². The largest absolute Gasteiger partial charge is 0.434 e. The first kappa shape index (κ1) is 11.4.